The number of nitrogens with one attached hydrogen (secondary N) is 1. The number of anilines is 1. The molecule has 1 N–H and O–H groups in total. The third kappa shape index (κ3) is 4.45. The number of carbonyl (C=O) groups excluding carboxylic acids is 2. The van der Waals surface area contributed by atoms with Crippen LogP contribution in [0.15, 0.2) is 95.7 Å². The summed E-state index contributed by atoms with van der Waals surface area (Å²) in [5, 5.41) is 2.81. The van der Waals surface area contributed by atoms with Crippen LogP contribution in [0.2, 0.25) is 0 Å². The molecule has 1 aliphatic rings. The first-order valence-electron chi connectivity index (χ1n) is 9.07. The Morgan fingerprint density at radius 3 is 2.13 bits per heavy atom. The SMILES string of the molecule is O=C1O[C@@H](OC(=O)c2ccccc2)C(Nc2ccc(Oc3ccccc3)cc2)=C1Cl. The van der Waals surface area contributed by atoms with Gasteiger partial charge in [-0.15, -0.1) is 0 Å². The van der Waals surface area contributed by atoms with E-state index in [1.54, 1.807) is 54.6 Å². The Hall–Kier alpha value is -3.77. The molecule has 7 heteroatoms. The Labute approximate surface area is 177 Å². The van der Waals surface area contributed by atoms with Crippen molar-refractivity contribution >= 4 is 29.2 Å². The van der Waals surface area contributed by atoms with Crippen LogP contribution in [-0.4, -0.2) is 18.2 Å². The molecule has 1 aliphatic heterocycles. The van der Waals surface area contributed by atoms with Crippen LogP contribution in [0, 0.1) is 0 Å². The van der Waals surface area contributed by atoms with Crippen molar-refractivity contribution in [2.45, 2.75) is 6.29 Å². The predicted octanol–water partition coefficient (Wildman–Crippen LogP) is 5.08. The van der Waals surface area contributed by atoms with Crippen molar-refractivity contribution in [2.75, 3.05) is 5.32 Å². The summed E-state index contributed by atoms with van der Waals surface area (Å²) in [5.74, 6) is -0.0518. The van der Waals surface area contributed by atoms with Crippen molar-refractivity contribution in [1.82, 2.24) is 0 Å². The van der Waals surface area contributed by atoms with Crippen LogP contribution >= 0.6 is 11.6 Å². The molecule has 0 bridgehead atoms. The molecule has 0 aliphatic carbocycles. The highest BCUT2D eigenvalue weighted by Crippen LogP contribution is 2.30. The second-order valence-electron chi connectivity index (χ2n) is 6.30. The van der Waals surface area contributed by atoms with E-state index in [2.05, 4.69) is 5.32 Å². The summed E-state index contributed by atoms with van der Waals surface area (Å²) in [7, 11) is 0. The van der Waals surface area contributed by atoms with Gasteiger partial charge in [0.1, 0.15) is 17.2 Å². The van der Waals surface area contributed by atoms with E-state index in [4.69, 9.17) is 25.8 Å². The lowest BCUT2D eigenvalue weighted by Gasteiger charge is -2.16. The quantitative estimate of drug-likeness (QED) is 0.559. The van der Waals surface area contributed by atoms with Crippen molar-refractivity contribution in [3.8, 4) is 11.5 Å². The second-order valence-corrected chi connectivity index (χ2v) is 6.68. The fraction of sp³-hybridized carbons (Fsp3) is 0.0435. The van der Waals surface area contributed by atoms with E-state index >= 15 is 0 Å². The number of cyclic esters (lactones) is 1. The van der Waals surface area contributed by atoms with Gasteiger partial charge in [-0.25, -0.2) is 9.59 Å². The van der Waals surface area contributed by atoms with Crippen LogP contribution in [0.4, 0.5) is 5.69 Å². The predicted molar refractivity (Wildman–Crippen MR) is 111 cm³/mol. The lowest BCUT2D eigenvalue weighted by atomic mass is 10.2. The third-order valence-electron chi connectivity index (χ3n) is 4.20. The summed E-state index contributed by atoms with van der Waals surface area (Å²) in [6.07, 6.45) is -1.27. The largest absolute Gasteiger partial charge is 0.457 e. The zero-order chi connectivity index (χ0) is 20.9. The van der Waals surface area contributed by atoms with Gasteiger partial charge in [0.05, 0.1) is 5.56 Å². The van der Waals surface area contributed by atoms with Crippen molar-refractivity contribution in [3.63, 3.8) is 0 Å². The average Bonchev–Trinajstić information content (AvgIpc) is 3.04. The fourth-order valence-electron chi connectivity index (χ4n) is 2.74. The number of rotatable bonds is 6. The van der Waals surface area contributed by atoms with Crippen LogP contribution < -0.4 is 10.1 Å². The number of benzene rings is 3. The number of carbonyl (C=O) groups is 2. The normalized spacial score (nSPS) is 15.5. The van der Waals surface area contributed by atoms with Gasteiger partial charge >= 0.3 is 11.9 Å². The standard InChI is InChI=1S/C23H16ClNO5/c24-19-20(23(30-22(19)27)29-21(26)15-7-3-1-4-8-15)25-16-11-13-18(14-12-16)28-17-9-5-2-6-10-17/h1-14,23,25H/t23-/m1/s1. The minimum atomic E-state index is -1.27. The van der Waals surface area contributed by atoms with E-state index in [-0.39, 0.29) is 10.7 Å². The second kappa shape index (κ2) is 8.71. The third-order valence-corrected chi connectivity index (χ3v) is 4.56. The molecule has 6 nitrogen and oxygen atoms in total. The minimum absolute atomic E-state index is 0.155. The summed E-state index contributed by atoms with van der Waals surface area (Å²) in [6, 6.07) is 24.8. The molecule has 0 fully saturated rings. The van der Waals surface area contributed by atoms with Gasteiger partial charge in [0.25, 0.3) is 6.29 Å². The topological polar surface area (TPSA) is 73.9 Å². The molecule has 0 aromatic heterocycles. The fourth-order valence-corrected chi connectivity index (χ4v) is 2.92. The van der Waals surface area contributed by atoms with E-state index in [0.29, 0.717) is 22.7 Å². The molecule has 30 heavy (non-hydrogen) atoms. The molecule has 0 unspecified atom stereocenters. The number of hydrogen-bond donors (Lipinski definition) is 1. The Morgan fingerprint density at radius 1 is 0.867 bits per heavy atom. The summed E-state index contributed by atoms with van der Waals surface area (Å²) in [6.45, 7) is 0. The molecule has 0 spiro atoms. The van der Waals surface area contributed by atoms with Crippen LogP contribution in [-0.2, 0) is 14.3 Å². The van der Waals surface area contributed by atoms with Crippen molar-refractivity contribution < 1.29 is 23.8 Å². The van der Waals surface area contributed by atoms with Gasteiger partial charge in [0, 0.05) is 5.69 Å². The monoisotopic (exact) mass is 421 g/mol. The Morgan fingerprint density at radius 2 is 1.47 bits per heavy atom. The molecule has 1 atom stereocenters. The van der Waals surface area contributed by atoms with Crippen LogP contribution in [0.1, 0.15) is 10.4 Å². The molecule has 1 heterocycles. The van der Waals surface area contributed by atoms with E-state index in [9.17, 15) is 9.59 Å². The number of para-hydroxylation sites is 1. The molecule has 0 saturated carbocycles. The molecule has 0 amide bonds. The smallest absolute Gasteiger partial charge is 0.355 e. The molecule has 4 rings (SSSR count). The Balaban J connectivity index is 1.46. The average molecular weight is 422 g/mol. The van der Waals surface area contributed by atoms with Gasteiger partial charge in [-0.3, -0.25) is 0 Å². The zero-order valence-electron chi connectivity index (χ0n) is 15.6. The first-order valence-corrected chi connectivity index (χ1v) is 9.44. The van der Waals surface area contributed by atoms with Gasteiger partial charge < -0.3 is 19.5 Å². The highest BCUT2D eigenvalue weighted by molar-refractivity contribution is 6.42. The maximum Gasteiger partial charge on any atom is 0.355 e. The van der Waals surface area contributed by atoms with Gasteiger partial charge in [-0.1, -0.05) is 48.0 Å². The maximum absolute atomic E-state index is 12.3. The summed E-state index contributed by atoms with van der Waals surface area (Å²) in [4.78, 5) is 24.2. The molecule has 0 saturated heterocycles. The molecule has 150 valence electrons. The first kappa shape index (κ1) is 19.5. The lowest BCUT2D eigenvalue weighted by Crippen LogP contribution is -2.24. The van der Waals surface area contributed by atoms with Gasteiger partial charge in [0.15, 0.2) is 5.03 Å². The van der Waals surface area contributed by atoms with Crippen molar-refractivity contribution in [3.05, 3.63) is 101 Å². The van der Waals surface area contributed by atoms with Gasteiger partial charge in [-0.05, 0) is 48.5 Å². The highest BCUT2D eigenvalue weighted by Gasteiger charge is 2.36. The number of ether oxygens (including phenoxy) is 3. The lowest BCUT2D eigenvalue weighted by molar-refractivity contribution is -0.152. The summed E-state index contributed by atoms with van der Waals surface area (Å²) in [5.41, 5.74) is 1.10. The molecular weight excluding hydrogens is 406 g/mol. The van der Waals surface area contributed by atoms with Gasteiger partial charge in [0.2, 0.25) is 0 Å². The highest BCUT2D eigenvalue weighted by atomic mass is 35.5. The summed E-state index contributed by atoms with van der Waals surface area (Å²) >= 11 is 6.07. The molecular formula is C23H16ClNO5. The number of halogens is 1. The van der Waals surface area contributed by atoms with E-state index < -0.39 is 18.2 Å². The zero-order valence-corrected chi connectivity index (χ0v) is 16.3. The van der Waals surface area contributed by atoms with E-state index in [0.717, 1.165) is 0 Å². The van der Waals surface area contributed by atoms with Crippen LogP contribution in [0.5, 0.6) is 11.5 Å². The Kier molecular flexibility index (Phi) is 5.68. The minimum Gasteiger partial charge on any atom is -0.457 e. The Bertz CT molecular complexity index is 1080. The van der Waals surface area contributed by atoms with Crippen LogP contribution in [0.25, 0.3) is 0 Å². The maximum atomic E-state index is 12.3. The number of esters is 2. The van der Waals surface area contributed by atoms with Crippen molar-refractivity contribution in [1.29, 1.82) is 0 Å². The first-order chi connectivity index (χ1) is 14.6. The van der Waals surface area contributed by atoms with Gasteiger partial charge in [-0.2, -0.15) is 0 Å². The molecule has 3 aromatic rings. The van der Waals surface area contributed by atoms with Crippen LogP contribution in [0.3, 0.4) is 0 Å². The summed E-state index contributed by atoms with van der Waals surface area (Å²) < 4.78 is 16.1. The number of hydrogen-bond acceptors (Lipinski definition) is 6. The molecule has 3 aromatic carbocycles. The van der Waals surface area contributed by atoms with Crippen molar-refractivity contribution in [2.24, 2.45) is 0 Å². The molecule has 0 radical (unpaired) electrons. The van der Waals surface area contributed by atoms with E-state index in [1.807, 2.05) is 30.3 Å². The van der Waals surface area contributed by atoms with E-state index in [1.165, 1.54) is 0 Å².